The number of fused-ring (bicyclic) bond motifs is 6. The van der Waals surface area contributed by atoms with Crippen molar-refractivity contribution in [1.29, 1.82) is 0 Å². The summed E-state index contributed by atoms with van der Waals surface area (Å²) in [6, 6.07) is 55.8. The number of para-hydroxylation sites is 1. The summed E-state index contributed by atoms with van der Waals surface area (Å²) in [6.45, 7) is 0. The van der Waals surface area contributed by atoms with Crippen molar-refractivity contribution in [3.8, 4) is 56.4 Å². The fourth-order valence-electron chi connectivity index (χ4n) is 6.86. The molecule has 10 rings (SSSR count). The number of hydrogen-bond donors (Lipinski definition) is 0. The zero-order valence-corrected chi connectivity index (χ0v) is 26.7. The SMILES string of the molecule is c1ccc(-c2cc(-c3ccc4c(c3)oc3cc(-c5nc(-c6ccccc6)nc(-c6ccccc6)n5)ccc34)c3oc4ccccc4c3c2)cc1. The Kier molecular flexibility index (Phi) is 6.42. The molecule has 3 aromatic heterocycles. The number of hydrogen-bond acceptors (Lipinski definition) is 5. The van der Waals surface area contributed by atoms with Crippen molar-refractivity contribution in [2.75, 3.05) is 0 Å². The van der Waals surface area contributed by atoms with Gasteiger partial charge in [0.1, 0.15) is 22.3 Å². The maximum atomic E-state index is 6.59. The quantitative estimate of drug-likeness (QED) is 0.187. The Labute approximate surface area is 287 Å². The van der Waals surface area contributed by atoms with Gasteiger partial charge in [-0.15, -0.1) is 0 Å². The van der Waals surface area contributed by atoms with Crippen LogP contribution in [0.3, 0.4) is 0 Å². The van der Waals surface area contributed by atoms with Crippen LogP contribution in [0.1, 0.15) is 0 Å². The van der Waals surface area contributed by atoms with Crippen LogP contribution in [0.5, 0.6) is 0 Å². The van der Waals surface area contributed by atoms with E-state index in [4.69, 9.17) is 23.8 Å². The first kappa shape index (κ1) is 28.2. The maximum absolute atomic E-state index is 6.59. The molecule has 0 saturated heterocycles. The molecule has 0 amide bonds. The molecular weight excluding hydrogens is 615 g/mol. The van der Waals surface area contributed by atoms with Crippen molar-refractivity contribution in [3.63, 3.8) is 0 Å². The third-order valence-corrected chi connectivity index (χ3v) is 9.33. The predicted octanol–water partition coefficient (Wildman–Crippen LogP) is 12.0. The lowest BCUT2D eigenvalue weighted by molar-refractivity contribution is 0.668. The first-order chi connectivity index (χ1) is 24.7. The Balaban J connectivity index is 1.12. The lowest BCUT2D eigenvalue weighted by Gasteiger charge is -2.08. The highest BCUT2D eigenvalue weighted by Gasteiger charge is 2.18. The van der Waals surface area contributed by atoms with Gasteiger partial charge in [-0.3, -0.25) is 0 Å². The molecule has 0 atom stereocenters. The van der Waals surface area contributed by atoms with Crippen LogP contribution in [0.15, 0.2) is 173 Å². The zero-order chi connectivity index (χ0) is 33.0. The van der Waals surface area contributed by atoms with Crippen LogP contribution < -0.4 is 0 Å². The number of furan rings is 2. The van der Waals surface area contributed by atoms with Gasteiger partial charge in [-0.2, -0.15) is 0 Å². The minimum Gasteiger partial charge on any atom is -0.456 e. The summed E-state index contributed by atoms with van der Waals surface area (Å²) in [5, 5.41) is 4.26. The van der Waals surface area contributed by atoms with E-state index in [9.17, 15) is 0 Å². The first-order valence-corrected chi connectivity index (χ1v) is 16.6. The molecule has 0 aliphatic rings. The number of rotatable bonds is 5. The van der Waals surface area contributed by atoms with E-state index in [1.807, 2.05) is 84.9 Å². The van der Waals surface area contributed by atoms with Crippen LogP contribution in [0, 0.1) is 0 Å². The normalized spacial score (nSPS) is 11.6. The van der Waals surface area contributed by atoms with Gasteiger partial charge in [0.25, 0.3) is 0 Å². The van der Waals surface area contributed by atoms with Crippen molar-refractivity contribution in [3.05, 3.63) is 164 Å². The van der Waals surface area contributed by atoms with Gasteiger partial charge in [0, 0.05) is 43.8 Å². The smallest absolute Gasteiger partial charge is 0.164 e. The fourth-order valence-corrected chi connectivity index (χ4v) is 6.86. The van der Waals surface area contributed by atoms with Crippen LogP contribution in [0.25, 0.3) is 100 Å². The molecule has 10 aromatic rings. The summed E-state index contributed by atoms with van der Waals surface area (Å²) in [5.74, 6) is 1.84. The summed E-state index contributed by atoms with van der Waals surface area (Å²) in [7, 11) is 0. The van der Waals surface area contributed by atoms with E-state index in [0.717, 1.165) is 82.8 Å². The van der Waals surface area contributed by atoms with Gasteiger partial charge in [-0.05, 0) is 59.2 Å². The van der Waals surface area contributed by atoms with Gasteiger partial charge in [0.2, 0.25) is 0 Å². The monoisotopic (exact) mass is 641 g/mol. The summed E-state index contributed by atoms with van der Waals surface area (Å²) in [4.78, 5) is 14.7. The van der Waals surface area contributed by atoms with Crippen LogP contribution >= 0.6 is 0 Å². The molecule has 0 aliphatic carbocycles. The molecule has 0 N–H and O–H groups in total. The molecule has 0 saturated carbocycles. The molecule has 234 valence electrons. The second kappa shape index (κ2) is 11.4. The molecule has 0 radical (unpaired) electrons. The summed E-state index contributed by atoms with van der Waals surface area (Å²) < 4.78 is 13.1. The number of benzene rings is 7. The largest absolute Gasteiger partial charge is 0.456 e. The topological polar surface area (TPSA) is 65.0 Å². The van der Waals surface area contributed by atoms with E-state index in [1.54, 1.807) is 0 Å². The van der Waals surface area contributed by atoms with E-state index in [-0.39, 0.29) is 0 Å². The maximum Gasteiger partial charge on any atom is 0.164 e. The summed E-state index contributed by atoms with van der Waals surface area (Å²) >= 11 is 0. The third kappa shape index (κ3) is 4.75. The highest BCUT2D eigenvalue weighted by atomic mass is 16.3. The molecule has 5 heteroatoms. The predicted molar refractivity (Wildman–Crippen MR) is 202 cm³/mol. The van der Waals surface area contributed by atoms with E-state index < -0.39 is 0 Å². The minimum absolute atomic E-state index is 0.589. The van der Waals surface area contributed by atoms with Gasteiger partial charge in [0.15, 0.2) is 17.5 Å². The highest BCUT2D eigenvalue weighted by molar-refractivity contribution is 6.12. The Morgan fingerprint density at radius 2 is 0.800 bits per heavy atom. The van der Waals surface area contributed by atoms with Gasteiger partial charge in [0.05, 0.1) is 0 Å². The van der Waals surface area contributed by atoms with E-state index in [1.165, 1.54) is 0 Å². The average molecular weight is 642 g/mol. The van der Waals surface area contributed by atoms with E-state index in [2.05, 4.69) is 78.9 Å². The Hall–Kier alpha value is -6.85. The average Bonchev–Trinajstić information content (AvgIpc) is 3.76. The van der Waals surface area contributed by atoms with Crippen molar-refractivity contribution in [2.45, 2.75) is 0 Å². The molecule has 50 heavy (non-hydrogen) atoms. The number of nitrogens with zero attached hydrogens (tertiary/aromatic N) is 3. The molecule has 0 unspecified atom stereocenters. The van der Waals surface area contributed by atoms with E-state index in [0.29, 0.717) is 17.5 Å². The summed E-state index contributed by atoms with van der Waals surface area (Å²) in [6.07, 6.45) is 0. The van der Waals surface area contributed by atoms with Crippen LogP contribution in [-0.4, -0.2) is 15.0 Å². The molecule has 0 fully saturated rings. The molecule has 0 spiro atoms. The van der Waals surface area contributed by atoms with Crippen molar-refractivity contribution in [2.24, 2.45) is 0 Å². The number of aromatic nitrogens is 3. The Bertz CT molecular complexity index is 2800. The van der Waals surface area contributed by atoms with Gasteiger partial charge in [-0.1, -0.05) is 121 Å². The molecule has 7 aromatic carbocycles. The first-order valence-electron chi connectivity index (χ1n) is 16.6. The van der Waals surface area contributed by atoms with Crippen LogP contribution in [-0.2, 0) is 0 Å². The minimum atomic E-state index is 0.589. The van der Waals surface area contributed by atoms with Crippen LogP contribution in [0.2, 0.25) is 0 Å². The van der Waals surface area contributed by atoms with Gasteiger partial charge in [-0.25, -0.2) is 15.0 Å². The zero-order valence-electron chi connectivity index (χ0n) is 26.7. The highest BCUT2D eigenvalue weighted by Crippen LogP contribution is 2.41. The second-order valence-electron chi connectivity index (χ2n) is 12.4. The standard InChI is InChI=1S/C45H27N3O2/c1-4-12-28(13-5-1)33-24-37(42-38(25-33)34-18-10-11-19-39(34)50-42)31-20-22-35-36-23-21-32(27-41(36)49-40(35)26-31)45-47-43(29-14-6-2-7-15-29)46-44(48-45)30-16-8-3-9-17-30/h1-27H. The summed E-state index contributed by atoms with van der Waals surface area (Å²) in [5.41, 5.74) is 10.4. The van der Waals surface area contributed by atoms with Crippen molar-refractivity contribution >= 4 is 43.9 Å². The third-order valence-electron chi connectivity index (χ3n) is 9.33. The molecule has 3 heterocycles. The Morgan fingerprint density at radius 3 is 1.44 bits per heavy atom. The lowest BCUT2D eigenvalue weighted by atomic mass is 9.95. The van der Waals surface area contributed by atoms with Crippen molar-refractivity contribution < 1.29 is 8.83 Å². The molecule has 5 nitrogen and oxygen atoms in total. The van der Waals surface area contributed by atoms with Gasteiger partial charge >= 0.3 is 0 Å². The van der Waals surface area contributed by atoms with E-state index >= 15 is 0 Å². The lowest BCUT2D eigenvalue weighted by Crippen LogP contribution is -2.00. The Morgan fingerprint density at radius 1 is 0.300 bits per heavy atom. The second-order valence-corrected chi connectivity index (χ2v) is 12.4. The van der Waals surface area contributed by atoms with Crippen LogP contribution in [0.4, 0.5) is 0 Å². The van der Waals surface area contributed by atoms with Crippen molar-refractivity contribution in [1.82, 2.24) is 15.0 Å². The fraction of sp³-hybridized carbons (Fsp3) is 0. The molecule has 0 bridgehead atoms. The molecular formula is C45H27N3O2. The van der Waals surface area contributed by atoms with Gasteiger partial charge < -0.3 is 8.83 Å². The molecule has 0 aliphatic heterocycles.